The number of carbonyl (C=O) groups excluding carboxylic acids is 1. The highest BCUT2D eigenvalue weighted by atomic mass is 32.2. The minimum atomic E-state index is 0.0421. The summed E-state index contributed by atoms with van der Waals surface area (Å²) in [5, 5.41) is 11.8. The van der Waals surface area contributed by atoms with Crippen molar-refractivity contribution in [1.82, 2.24) is 14.8 Å². The lowest BCUT2D eigenvalue weighted by atomic mass is 10.1. The molecule has 0 N–H and O–H groups in total. The first-order valence-corrected chi connectivity index (χ1v) is 11.4. The van der Waals surface area contributed by atoms with Crippen LogP contribution in [0.15, 0.2) is 40.9 Å². The summed E-state index contributed by atoms with van der Waals surface area (Å²) in [6.45, 7) is 3.14. The number of ether oxygens (including phenoxy) is 2. The van der Waals surface area contributed by atoms with E-state index in [1.807, 2.05) is 23.6 Å². The average Bonchev–Trinajstić information content (AvgIpc) is 3.49. The minimum absolute atomic E-state index is 0.0421. The first kappa shape index (κ1) is 20.1. The summed E-state index contributed by atoms with van der Waals surface area (Å²) in [5.74, 6) is 2.33. The number of thioether (sulfide) groups is 1. The Bertz CT molecular complexity index is 979. The van der Waals surface area contributed by atoms with E-state index >= 15 is 0 Å². The second kappa shape index (κ2) is 9.11. The highest BCUT2D eigenvalue weighted by Crippen LogP contribution is 2.32. The third kappa shape index (κ3) is 4.55. The molecule has 29 heavy (non-hydrogen) atoms. The Hall–Kier alpha value is -2.16. The number of ketones is 1. The van der Waals surface area contributed by atoms with Gasteiger partial charge in [-0.2, -0.15) is 0 Å². The van der Waals surface area contributed by atoms with E-state index in [-0.39, 0.29) is 11.9 Å². The lowest BCUT2D eigenvalue weighted by Gasteiger charge is -2.15. The van der Waals surface area contributed by atoms with Crippen molar-refractivity contribution in [2.75, 3.05) is 13.7 Å². The van der Waals surface area contributed by atoms with Gasteiger partial charge in [-0.05, 0) is 49.4 Å². The van der Waals surface area contributed by atoms with E-state index in [0.717, 1.165) is 53.2 Å². The fraction of sp³-hybridized carbons (Fsp3) is 0.381. The molecule has 8 heteroatoms. The zero-order chi connectivity index (χ0) is 20.2. The SMILES string of the molecule is COc1ccc(C(C)=O)cc1CSc1nnc(-c2cccs2)n1CC1CCCO1. The molecule has 0 aliphatic carbocycles. The zero-order valence-corrected chi connectivity index (χ0v) is 18.1. The van der Waals surface area contributed by atoms with Gasteiger partial charge in [0, 0.05) is 23.5 Å². The van der Waals surface area contributed by atoms with Crippen LogP contribution in [0.4, 0.5) is 0 Å². The predicted molar refractivity (Wildman–Crippen MR) is 115 cm³/mol. The number of Topliss-reactive ketones (excluding diaryl/α,β-unsaturated/α-hetero) is 1. The van der Waals surface area contributed by atoms with Gasteiger partial charge in [-0.3, -0.25) is 9.36 Å². The van der Waals surface area contributed by atoms with Gasteiger partial charge in [-0.25, -0.2) is 0 Å². The Morgan fingerprint density at radius 1 is 1.38 bits per heavy atom. The zero-order valence-electron chi connectivity index (χ0n) is 16.5. The van der Waals surface area contributed by atoms with Crippen molar-refractivity contribution < 1.29 is 14.3 Å². The molecule has 1 unspecified atom stereocenters. The summed E-state index contributed by atoms with van der Waals surface area (Å²) in [6.07, 6.45) is 2.35. The van der Waals surface area contributed by atoms with Gasteiger partial charge in [0.1, 0.15) is 5.75 Å². The third-order valence-electron chi connectivity index (χ3n) is 4.91. The van der Waals surface area contributed by atoms with E-state index in [9.17, 15) is 4.79 Å². The Labute approximate surface area is 178 Å². The van der Waals surface area contributed by atoms with Crippen molar-refractivity contribution in [2.24, 2.45) is 0 Å². The molecule has 3 heterocycles. The molecule has 1 fully saturated rings. The summed E-state index contributed by atoms with van der Waals surface area (Å²) in [5.41, 5.74) is 1.65. The molecule has 0 spiro atoms. The van der Waals surface area contributed by atoms with Gasteiger partial charge in [0.15, 0.2) is 16.8 Å². The maximum Gasteiger partial charge on any atom is 0.191 e. The van der Waals surface area contributed by atoms with Crippen molar-refractivity contribution in [3.8, 4) is 16.5 Å². The molecule has 1 aliphatic rings. The van der Waals surface area contributed by atoms with Gasteiger partial charge >= 0.3 is 0 Å². The van der Waals surface area contributed by atoms with Crippen molar-refractivity contribution in [3.05, 3.63) is 46.8 Å². The Morgan fingerprint density at radius 2 is 2.28 bits per heavy atom. The topological polar surface area (TPSA) is 66.2 Å². The molecule has 0 radical (unpaired) electrons. The molecule has 1 saturated heterocycles. The van der Waals surface area contributed by atoms with E-state index in [2.05, 4.69) is 20.8 Å². The smallest absolute Gasteiger partial charge is 0.191 e. The van der Waals surface area contributed by atoms with Crippen LogP contribution in [-0.4, -0.2) is 40.4 Å². The lowest BCUT2D eigenvalue weighted by molar-refractivity contribution is 0.0953. The van der Waals surface area contributed by atoms with Gasteiger partial charge in [0.05, 0.1) is 24.6 Å². The first-order valence-electron chi connectivity index (χ1n) is 9.55. The molecule has 2 aromatic heterocycles. The number of rotatable bonds is 8. The lowest BCUT2D eigenvalue weighted by Crippen LogP contribution is -2.16. The van der Waals surface area contributed by atoms with E-state index in [0.29, 0.717) is 11.3 Å². The number of methoxy groups -OCH3 is 1. The largest absolute Gasteiger partial charge is 0.496 e. The molecule has 1 aromatic carbocycles. The van der Waals surface area contributed by atoms with E-state index in [1.165, 1.54) is 0 Å². The van der Waals surface area contributed by atoms with Crippen molar-refractivity contribution in [3.63, 3.8) is 0 Å². The maximum atomic E-state index is 11.8. The standard InChI is InChI=1S/C21H23N3O3S2/c1-14(25)15-7-8-18(26-2)16(11-15)13-29-21-23-22-20(19-6-4-10-28-19)24(21)12-17-5-3-9-27-17/h4,6-8,10-11,17H,3,5,9,12-13H2,1-2H3. The van der Waals surface area contributed by atoms with Crippen LogP contribution in [0.25, 0.3) is 10.7 Å². The highest BCUT2D eigenvalue weighted by Gasteiger charge is 2.22. The summed E-state index contributed by atoms with van der Waals surface area (Å²) < 4.78 is 13.5. The first-order chi connectivity index (χ1) is 14.2. The maximum absolute atomic E-state index is 11.8. The van der Waals surface area contributed by atoms with Gasteiger partial charge in [0.25, 0.3) is 0 Å². The number of carbonyl (C=O) groups is 1. The highest BCUT2D eigenvalue weighted by molar-refractivity contribution is 7.98. The van der Waals surface area contributed by atoms with Gasteiger partial charge in [-0.1, -0.05) is 17.8 Å². The molecule has 0 bridgehead atoms. The van der Waals surface area contributed by atoms with Gasteiger partial charge < -0.3 is 9.47 Å². The summed E-state index contributed by atoms with van der Waals surface area (Å²) in [4.78, 5) is 12.9. The number of benzene rings is 1. The van der Waals surface area contributed by atoms with E-state index in [4.69, 9.17) is 9.47 Å². The molecular formula is C21H23N3O3S2. The molecule has 152 valence electrons. The van der Waals surface area contributed by atoms with Crippen LogP contribution in [-0.2, 0) is 17.0 Å². The van der Waals surface area contributed by atoms with Crippen LogP contribution in [0.3, 0.4) is 0 Å². The molecule has 3 aromatic rings. The summed E-state index contributed by atoms with van der Waals surface area (Å²) in [7, 11) is 1.64. The van der Waals surface area contributed by atoms with Gasteiger partial charge in [0.2, 0.25) is 0 Å². The van der Waals surface area contributed by atoms with Crippen LogP contribution in [0.5, 0.6) is 5.75 Å². The second-order valence-electron chi connectivity index (χ2n) is 6.90. The predicted octanol–water partition coefficient (Wildman–Crippen LogP) is 4.69. The normalized spacial score (nSPS) is 16.3. The number of nitrogens with zero attached hydrogens (tertiary/aromatic N) is 3. The molecule has 0 saturated carbocycles. The number of hydrogen-bond donors (Lipinski definition) is 0. The van der Waals surface area contributed by atoms with Crippen LogP contribution >= 0.6 is 23.1 Å². The van der Waals surface area contributed by atoms with Crippen molar-refractivity contribution in [2.45, 2.75) is 43.3 Å². The van der Waals surface area contributed by atoms with E-state index in [1.54, 1.807) is 43.2 Å². The molecule has 1 atom stereocenters. The Morgan fingerprint density at radius 3 is 2.97 bits per heavy atom. The van der Waals surface area contributed by atoms with Crippen LogP contribution < -0.4 is 4.74 Å². The van der Waals surface area contributed by atoms with Crippen LogP contribution in [0, 0.1) is 0 Å². The number of hydrogen-bond acceptors (Lipinski definition) is 7. The summed E-state index contributed by atoms with van der Waals surface area (Å²) >= 11 is 3.25. The Balaban J connectivity index is 1.60. The van der Waals surface area contributed by atoms with Crippen LogP contribution in [0.1, 0.15) is 35.7 Å². The number of thiophene rings is 1. The fourth-order valence-corrected chi connectivity index (χ4v) is 5.04. The Kier molecular flexibility index (Phi) is 6.32. The number of aromatic nitrogens is 3. The van der Waals surface area contributed by atoms with Crippen molar-refractivity contribution >= 4 is 28.9 Å². The monoisotopic (exact) mass is 429 g/mol. The molecule has 6 nitrogen and oxygen atoms in total. The van der Waals surface area contributed by atoms with E-state index < -0.39 is 0 Å². The second-order valence-corrected chi connectivity index (χ2v) is 8.79. The fourth-order valence-electron chi connectivity index (χ4n) is 3.39. The molecular weight excluding hydrogens is 406 g/mol. The minimum Gasteiger partial charge on any atom is -0.496 e. The molecule has 1 aliphatic heterocycles. The third-order valence-corrected chi connectivity index (χ3v) is 6.79. The van der Waals surface area contributed by atoms with Crippen molar-refractivity contribution in [1.29, 1.82) is 0 Å². The average molecular weight is 430 g/mol. The van der Waals surface area contributed by atoms with Crippen LogP contribution in [0.2, 0.25) is 0 Å². The quantitative estimate of drug-likeness (QED) is 0.382. The molecule has 0 amide bonds. The summed E-state index contributed by atoms with van der Waals surface area (Å²) in [6, 6.07) is 9.63. The van der Waals surface area contributed by atoms with Gasteiger partial charge in [-0.15, -0.1) is 21.5 Å². The molecule has 4 rings (SSSR count).